The fraction of sp³-hybridized carbons (Fsp3) is 0.774. The van der Waals surface area contributed by atoms with Gasteiger partial charge in [-0.2, -0.15) is 0 Å². The number of amides is 9. The van der Waals surface area contributed by atoms with Crippen LogP contribution in [-0.4, -0.2) is 208 Å². The SMILES string of the molecule is C=C(CC(C)C)C(=O)[C@H](CC(C)C)N(C)C(=O)[C@H](CC(C)C)N(C)C(=O)[C@@H](C)NC(=O)[C@H](C)NC(=O)[C@H](CC(C)C)N(C)C(=O)[C@@H](NC(=O)[C@H](CC(C)C)N(C)C(=O)CN(C)C(=O)[C@H](CC)NC(=O)[C@H]([C@H](O)[C@H](C)C/C=C/C)N(C)OO)C(C)C. The van der Waals surface area contributed by atoms with Gasteiger partial charge in [0.25, 0.3) is 0 Å². The Morgan fingerprint density at radius 1 is 0.529 bits per heavy atom. The molecule has 0 unspecified atom stereocenters. The average molecular weight is 1210 g/mol. The van der Waals surface area contributed by atoms with Crippen LogP contribution in [0.5, 0.6) is 0 Å². The van der Waals surface area contributed by atoms with Crippen LogP contribution in [0, 0.1) is 41.4 Å². The van der Waals surface area contributed by atoms with E-state index in [-0.39, 0.29) is 61.1 Å². The molecule has 85 heavy (non-hydrogen) atoms. The molecule has 23 nitrogen and oxygen atoms in total. The number of hydrogen-bond donors (Lipinski definition) is 6. The third-order valence-electron chi connectivity index (χ3n) is 15.2. The van der Waals surface area contributed by atoms with Crippen molar-refractivity contribution < 1.29 is 63.3 Å². The molecule has 0 radical (unpaired) electrons. The number of nitrogens with zero attached hydrogens (tertiary/aromatic N) is 6. The second kappa shape index (κ2) is 37.7. The summed E-state index contributed by atoms with van der Waals surface area (Å²) in [5, 5.41) is 32.1. The first kappa shape index (κ1) is 79.2. The summed E-state index contributed by atoms with van der Waals surface area (Å²) < 4.78 is 0. The van der Waals surface area contributed by atoms with Crippen molar-refractivity contribution in [2.45, 2.75) is 223 Å². The third kappa shape index (κ3) is 25.2. The second-order valence-corrected chi connectivity index (χ2v) is 25.7. The molecule has 0 spiro atoms. The summed E-state index contributed by atoms with van der Waals surface area (Å²) >= 11 is 0. The van der Waals surface area contributed by atoms with E-state index in [1.807, 2.05) is 82.2 Å². The second-order valence-electron chi connectivity index (χ2n) is 25.7. The molecular formula is C62H112N10O13. The standard InChI is InChI=1S/C62H112N10O13/c1-25-27-28-41(15)54(75)52(72(24)85-84)58(79)65-45(26-2)60(81)67(19)34-50(73)68(20)47(31-37(7)8)57(78)66-51(40(13)14)62(83)70(22)48(32-38(9)10)56(77)63-43(17)55(76)64-44(18)59(80)71(23)49(33-39(11)12)61(82)69(21)46(30-36(5)6)53(74)42(16)29-35(3)4/h25,27,35-41,43-49,51-52,54,75,84H,16,26,28-34H2,1-15,17-24H3,(H,63,77)(H,64,76)(H,65,79)(H,66,78)/b27-25+/t41-,43+,44-,45+,46+,47+,48+,49+,51+,52+,54-/m1/s1. The highest BCUT2D eigenvalue weighted by molar-refractivity contribution is 6.02. The van der Waals surface area contributed by atoms with Crippen molar-refractivity contribution >= 4 is 58.9 Å². The van der Waals surface area contributed by atoms with E-state index in [4.69, 9.17) is 0 Å². The van der Waals surface area contributed by atoms with Crippen molar-refractivity contribution in [2.75, 3.05) is 48.8 Å². The molecule has 0 saturated carbocycles. The number of Topliss-reactive ketones (excluding diaryl/α,β-unsaturated/α-hetero) is 1. The minimum Gasteiger partial charge on any atom is -0.391 e. The van der Waals surface area contributed by atoms with E-state index in [9.17, 15) is 58.3 Å². The molecule has 0 fully saturated rings. The number of carbonyl (C=O) groups is 10. The Bertz CT molecular complexity index is 2260. The summed E-state index contributed by atoms with van der Waals surface area (Å²) in [5.41, 5.74) is 0.429. The molecular weight excluding hydrogens is 1090 g/mol. The molecule has 0 bridgehead atoms. The van der Waals surface area contributed by atoms with Crippen molar-refractivity contribution in [1.29, 1.82) is 0 Å². The van der Waals surface area contributed by atoms with E-state index in [1.165, 1.54) is 68.7 Å². The summed E-state index contributed by atoms with van der Waals surface area (Å²) in [6, 6.07) is -10.1. The van der Waals surface area contributed by atoms with Crippen LogP contribution >= 0.6 is 0 Å². The number of nitrogens with one attached hydrogen (secondary N) is 4. The summed E-state index contributed by atoms with van der Waals surface area (Å²) in [7, 11) is 8.52. The largest absolute Gasteiger partial charge is 0.391 e. The van der Waals surface area contributed by atoms with Gasteiger partial charge in [0.05, 0.1) is 18.7 Å². The molecule has 0 aromatic heterocycles. The zero-order chi connectivity index (χ0) is 66.2. The van der Waals surface area contributed by atoms with Gasteiger partial charge >= 0.3 is 0 Å². The Balaban J connectivity index is 6.49. The smallest absolute Gasteiger partial charge is 0.245 e. The lowest BCUT2D eigenvalue weighted by Crippen LogP contribution is -2.61. The van der Waals surface area contributed by atoms with E-state index in [1.54, 1.807) is 40.8 Å². The maximum Gasteiger partial charge on any atom is 0.245 e. The first-order valence-electron chi connectivity index (χ1n) is 30.3. The Kier molecular flexibility index (Phi) is 35.1. The lowest BCUT2D eigenvalue weighted by molar-refractivity contribution is -0.401. The number of aliphatic hydroxyl groups is 1. The molecule has 9 amide bonds. The van der Waals surface area contributed by atoms with Gasteiger partial charge in [0.1, 0.15) is 48.3 Å². The van der Waals surface area contributed by atoms with Gasteiger partial charge in [0.2, 0.25) is 53.2 Å². The molecule has 0 saturated heterocycles. The Morgan fingerprint density at radius 3 is 1.44 bits per heavy atom. The van der Waals surface area contributed by atoms with E-state index in [0.29, 0.717) is 24.8 Å². The van der Waals surface area contributed by atoms with Gasteiger partial charge in [0, 0.05) is 42.3 Å². The van der Waals surface area contributed by atoms with Crippen LogP contribution in [0.3, 0.4) is 0 Å². The lowest BCUT2D eigenvalue weighted by Gasteiger charge is -2.37. The minimum absolute atomic E-state index is 0.0329. The Morgan fingerprint density at radius 2 is 0.976 bits per heavy atom. The molecule has 0 aliphatic heterocycles. The fourth-order valence-electron chi connectivity index (χ4n) is 9.94. The summed E-state index contributed by atoms with van der Waals surface area (Å²) in [4.78, 5) is 151. The number of likely N-dealkylation sites (N-methyl/N-ethyl adjacent to an activating group) is 6. The Labute approximate surface area is 509 Å². The zero-order valence-electron chi connectivity index (χ0n) is 55.9. The normalized spacial score (nSPS) is 15.8. The number of carbonyl (C=O) groups excluding carboxylic acids is 10. The molecule has 488 valence electrons. The van der Waals surface area contributed by atoms with E-state index < -0.39 is 132 Å². The number of rotatable bonds is 38. The van der Waals surface area contributed by atoms with Crippen molar-refractivity contribution in [3.05, 3.63) is 24.3 Å². The zero-order valence-corrected chi connectivity index (χ0v) is 55.9. The quantitative estimate of drug-likeness (QED) is 0.0209. The number of hydroxylamine groups is 2. The van der Waals surface area contributed by atoms with Gasteiger partial charge in [-0.3, -0.25) is 47.9 Å². The van der Waals surface area contributed by atoms with E-state index in [0.717, 1.165) is 9.96 Å². The summed E-state index contributed by atoms with van der Waals surface area (Å²) in [5.74, 6) is -6.97. The maximum absolute atomic E-state index is 14.6. The monoisotopic (exact) mass is 1200 g/mol. The van der Waals surface area contributed by atoms with Gasteiger partial charge in [0.15, 0.2) is 5.78 Å². The van der Waals surface area contributed by atoms with Crippen LogP contribution in [0.2, 0.25) is 0 Å². The highest BCUT2D eigenvalue weighted by atomic mass is 17.2. The number of allylic oxidation sites excluding steroid dienone is 2. The summed E-state index contributed by atoms with van der Waals surface area (Å²) in [6.45, 7) is 34.2. The van der Waals surface area contributed by atoms with Crippen molar-refractivity contribution in [1.82, 2.24) is 50.8 Å². The number of hydrogen-bond acceptors (Lipinski definition) is 14. The predicted octanol–water partition coefficient (Wildman–Crippen LogP) is 4.82. The predicted molar refractivity (Wildman–Crippen MR) is 329 cm³/mol. The van der Waals surface area contributed by atoms with E-state index >= 15 is 0 Å². The lowest BCUT2D eigenvalue weighted by atomic mass is 9.90. The topological polar surface area (TPSA) is 288 Å². The third-order valence-corrected chi connectivity index (χ3v) is 15.2. The highest BCUT2D eigenvalue weighted by Crippen LogP contribution is 2.24. The fourth-order valence-corrected chi connectivity index (χ4v) is 9.94. The van der Waals surface area contributed by atoms with Crippen LogP contribution in [0.1, 0.15) is 163 Å². The van der Waals surface area contributed by atoms with Crippen molar-refractivity contribution in [3.63, 3.8) is 0 Å². The maximum atomic E-state index is 14.6. The van der Waals surface area contributed by atoms with Crippen LogP contribution in [-0.2, 0) is 52.9 Å². The average Bonchev–Trinajstić information content (AvgIpc) is 3.64. The molecule has 6 N–H and O–H groups in total. The number of aliphatic hydroxyl groups excluding tert-OH is 1. The van der Waals surface area contributed by atoms with Gasteiger partial charge in [-0.05, 0) is 113 Å². The molecule has 11 atom stereocenters. The Hall–Kier alpha value is -5.78. The first-order valence-corrected chi connectivity index (χ1v) is 30.3. The number of ketones is 1. The summed E-state index contributed by atoms with van der Waals surface area (Å²) in [6.07, 6.45) is 4.27. The van der Waals surface area contributed by atoms with Gasteiger partial charge in [-0.15, -0.1) is 10.1 Å². The molecule has 0 aromatic rings. The molecule has 0 aliphatic carbocycles. The van der Waals surface area contributed by atoms with Crippen molar-refractivity contribution in [2.24, 2.45) is 41.4 Å². The first-order chi connectivity index (χ1) is 39.2. The minimum atomic E-state index is -1.41. The van der Waals surface area contributed by atoms with Gasteiger partial charge < -0.3 is 50.9 Å². The molecule has 0 rings (SSSR count). The molecule has 0 heterocycles. The van der Waals surface area contributed by atoms with Crippen LogP contribution in [0.25, 0.3) is 0 Å². The highest BCUT2D eigenvalue weighted by Gasteiger charge is 2.41. The van der Waals surface area contributed by atoms with E-state index in [2.05, 4.69) is 32.8 Å². The van der Waals surface area contributed by atoms with Crippen LogP contribution in [0.4, 0.5) is 0 Å². The van der Waals surface area contributed by atoms with Crippen LogP contribution in [0.15, 0.2) is 24.3 Å². The van der Waals surface area contributed by atoms with Crippen LogP contribution < -0.4 is 21.3 Å². The van der Waals surface area contributed by atoms with Gasteiger partial charge in [-0.1, -0.05) is 116 Å². The molecule has 23 heteroatoms. The van der Waals surface area contributed by atoms with Crippen molar-refractivity contribution in [3.8, 4) is 0 Å². The molecule has 0 aliphatic rings. The van der Waals surface area contributed by atoms with Gasteiger partial charge in [-0.25, -0.2) is 5.26 Å². The molecule has 0 aromatic carbocycles.